The first-order valence-electron chi connectivity index (χ1n) is 10.0. The third-order valence-corrected chi connectivity index (χ3v) is 5.37. The minimum Gasteiger partial charge on any atom is -0.345 e. The van der Waals surface area contributed by atoms with Crippen LogP contribution in [0.25, 0.3) is 22.1 Å². The van der Waals surface area contributed by atoms with Gasteiger partial charge >= 0.3 is 5.69 Å². The van der Waals surface area contributed by atoms with E-state index in [9.17, 15) is 9.59 Å². The second-order valence-electron chi connectivity index (χ2n) is 6.92. The summed E-state index contributed by atoms with van der Waals surface area (Å²) >= 11 is 0. The maximum Gasteiger partial charge on any atom is 0.329 e. The van der Waals surface area contributed by atoms with Crippen LogP contribution in [0.4, 0.5) is 0 Å². The number of imidazole rings is 2. The fourth-order valence-electron chi connectivity index (χ4n) is 3.95. The Hall–Kier alpha value is -3.35. The predicted octanol–water partition coefficient (Wildman–Crippen LogP) is 3.14. The summed E-state index contributed by atoms with van der Waals surface area (Å²) in [7, 11) is 0. The second kappa shape index (κ2) is 7.58. The topological polar surface area (TPSA) is 73.8 Å². The predicted molar refractivity (Wildman–Crippen MR) is 114 cm³/mol. The average Bonchev–Trinajstić information content (AvgIpc) is 3.24. The summed E-state index contributed by atoms with van der Waals surface area (Å²) in [5.74, 6) is 0.645. The molecule has 0 spiro atoms. The average molecular weight is 391 g/mol. The van der Waals surface area contributed by atoms with E-state index in [0.717, 1.165) is 34.4 Å². The van der Waals surface area contributed by atoms with E-state index in [1.165, 1.54) is 0 Å². The van der Waals surface area contributed by atoms with Gasteiger partial charge in [-0.05, 0) is 51.1 Å². The van der Waals surface area contributed by atoms with Crippen LogP contribution >= 0.6 is 0 Å². The van der Waals surface area contributed by atoms with Gasteiger partial charge in [0, 0.05) is 25.2 Å². The Morgan fingerprint density at radius 3 is 2.31 bits per heavy atom. The number of nitrogens with zero attached hydrogens (tertiary/aromatic N) is 4. The fraction of sp³-hybridized carbons (Fsp3) is 0.318. The first kappa shape index (κ1) is 19.0. The van der Waals surface area contributed by atoms with Crippen molar-refractivity contribution in [2.45, 2.75) is 47.0 Å². The Kier molecular flexibility index (Phi) is 4.96. The van der Waals surface area contributed by atoms with Gasteiger partial charge in [-0.1, -0.05) is 12.1 Å². The van der Waals surface area contributed by atoms with E-state index in [2.05, 4.69) is 21.8 Å². The maximum atomic E-state index is 12.8. The quantitative estimate of drug-likeness (QED) is 0.549. The number of carbonyl (C=O) groups excluding carboxylic acids is 1. The van der Waals surface area contributed by atoms with Crippen molar-refractivity contribution in [3.8, 4) is 0 Å². The molecule has 1 N–H and O–H groups in total. The van der Waals surface area contributed by atoms with Crippen LogP contribution in [0.3, 0.4) is 0 Å². The molecule has 2 aromatic heterocycles. The Bertz CT molecular complexity index is 1260. The van der Waals surface area contributed by atoms with Gasteiger partial charge in [0.1, 0.15) is 5.82 Å². The largest absolute Gasteiger partial charge is 0.345 e. The SMILES string of the molecule is CCn1c(CNC(=O)c2ccc3c(c2)n(CC)c(=O)n3CC)nc2ccccc21. The van der Waals surface area contributed by atoms with Crippen molar-refractivity contribution in [2.75, 3.05) is 0 Å². The van der Waals surface area contributed by atoms with Crippen molar-refractivity contribution in [1.29, 1.82) is 0 Å². The smallest absolute Gasteiger partial charge is 0.329 e. The number of amides is 1. The fourth-order valence-corrected chi connectivity index (χ4v) is 3.95. The van der Waals surface area contributed by atoms with Crippen molar-refractivity contribution in [1.82, 2.24) is 24.0 Å². The lowest BCUT2D eigenvalue weighted by Crippen LogP contribution is -2.24. The molecule has 1 amide bonds. The van der Waals surface area contributed by atoms with E-state index in [0.29, 0.717) is 25.2 Å². The van der Waals surface area contributed by atoms with Gasteiger partial charge in [-0.2, -0.15) is 0 Å². The van der Waals surface area contributed by atoms with Crippen LogP contribution in [0, 0.1) is 0 Å². The first-order valence-corrected chi connectivity index (χ1v) is 10.0. The van der Waals surface area contributed by atoms with Gasteiger partial charge in [0.2, 0.25) is 0 Å². The van der Waals surface area contributed by atoms with Crippen LogP contribution in [0.5, 0.6) is 0 Å². The summed E-state index contributed by atoms with van der Waals surface area (Å²) in [5, 5.41) is 2.97. The Balaban J connectivity index is 1.62. The number of hydrogen-bond acceptors (Lipinski definition) is 3. The van der Waals surface area contributed by atoms with Gasteiger partial charge in [0.15, 0.2) is 0 Å². The van der Waals surface area contributed by atoms with E-state index in [4.69, 9.17) is 0 Å². The standard InChI is InChI=1S/C22H25N5O2/c1-4-25-17-10-8-7-9-16(17)24-20(25)14-23-21(28)15-11-12-18-19(13-15)27(6-3)22(29)26(18)5-2/h7-13H,4-6,14H2,1-3H3,(H,23,28). The summed E-state index contributed by atoms with van der Waals surface area (Å²) < 4.78 is 5.53. The third kappa shape index (κ3) is 3.12. The summed E-state index contributed by atoms with van der Waals surface area (Å²) in [6.45, 7) is 8.23. The molecule has 29 heavy (non-hydrogen) atoms. The molecule has 0 aliphatic rings. The van der Waals surface area contributed by atoms with Crippen LogP contribution in [-0.2, 0) is 26.2 Å². The van der Waals surface area contributed by atoms with Crippen LogP contribution in [0.1, 0.15) is 37.0 Å². The van der Waals surface area contributed by atoms with Crippen molar-refractivity contribution >= 4 is 28.0 Å². The molecule has 150 valence electrons. The molecule has 0 bridgehead atoms. The van der Waals surface area contributed by atoms with Gasteiger partial charge in [0.05, 0.1) is 28.6 Å². The van der Waals surface area contributed by atoms with Crippen LogP contribution in [-0.4, -0.2) is 24.6 Å². The van der Waals surface area contributed by atoms with Gasteiger partial charge in [-0.3, -0.25) is 13.9 Å². The maximum absolute atomic E-state index is 12.8. The zero-order valence-electron chi connectivity index (χ0n) is 17.0. The zero-order chi connectivity index (χ0) is 20.5. The van der Waals surface area contributed by atoms with Crippen LogP contribution < -0.4 is 11.0 Å². The highest BCUT2D eigenvalue weighted by Crippen LogP contribution is 2.18. The van der Waals surface area contributed by atoms with Crippen molar-refractivity contribution in [3.63, 3.8) is 0 Å². The van der Waals surface area contributed by atoms with Crippen LogP contribution in [0.2, 0.25) is 0 Å². The molecule has 7 nitrogen and oxygen atoms in total. The molecule has 0 aliphatic heterocycles. The molecule has 0 fully saturated rings. The number of nitrogens with one attached hydrogen (secondary N) is 1. The number of aryl methyl sites for hydroxylation is 3. The van der Waals surface area contributed by atoms with E-state index in [1.54, 1.807) is 21.3 Å². The number of aromatic nitrogens is 4. The zero-order valence-corrected chi connectivity index (χ0v) is 17.0. The molecule has 0 unspecified atom stereocenters. The van der Waals surface area contributed by atoms with Gasteiger partial charge in [-0.25, -0.2) is 9.78 Å². The summed E-state index contributed by atoms with van der Waals surface area (Å²) in [4.78, 5) is 30.0. The Morgan fingerprint density at radius 1 is 0.897 bits per heavy atom. The highest BCUT2D eigenvalue weighted by Gasteiger charge is 2.15. The van der Waals surface area contributed by atoms with E-state index in [-0.39, 0.29) is 11.6 Å². The lowest BCUT2D eigenvalue weighted by molar-refractivity contribution is 0.0949. The van der Waals surface area contributed by atoms with Gasteiger partial charge in [-0.15, -0.1) is 0 Å². The molecule has 0 radical (unpaired) electrons. The summed E-state index contributed by atoms with van der Waals surface area (Å²) in [5.41, 5.74) is 4.12. The lowest BCUT2D eigenvalue weighted by atomic mass is 10.2. The highest BCUT2D eigenvalue weighted by molar-refractivity contribution is 5.97. The molecule has 2 aromatic carbocycles. The van der Waals surface area contributed by atoms with E-state index in [1.807, 2.05) is 44.2 Å². The third-order valence-electron chi connectivity index (χ3n) is 5.37. The number of para-hydroxylation sites is 2. The number of benzene rings is 2. The Morgan fingerprint density at radius 2 is 1.59 bits per heavy atom. The summed E-state index contributed by atoms with van der Waals surface area (Å²) in [6.07, 6.45) is 0. The molecular formula is C22H25N5O2. The number of fused-ring (bicyclic) bond motifs is 2. The molecule has 2 heterocycles. The molecule has 0 aliphatic carbocycles. The van der Waals surface area contributed by atoms with Crippen molar-refractivity contribution < 1.29 is 4.79 Å². The lowest BCUT2D eigenvalue weighted by Gasteiger charge is -2.08. The molecule has 0 atom stereocenters. The van der Waals surface area contributed by atoms with Crippen molar-refractivity contribution in [2.24, 2.45) is 0 Å². The number of hydrogen-bond donors (Lipinski definition) is 1. The normalized spacial score (nSPS) is 11.4. The molecule has 0 saturated carbocycles. The molecule has 7 heteroatoms. The summed E-state index contributed by atoms with van der Waals surface area (Å²) in [6, 6.07) is 13.4. The first-order chi connectivity index (χ1) is 14.1. The number of rotatable bonds is 6. The molecule has 4 rings (SSSR count). The Labute approximate surface area is 168 Å². The molecular weight excluding hydrogens is 366 g/mol. The minimum atomic E-state index is -0.180. The van der Waals surface area contributed by atoms with E-state index >= 15 is 0 Å². The van der Waals surface area contributed by atoms with Gasteiger partial charge < -0.3 is 9.88 Å². The number of carbonyl (C=O) groups is 1. The highest BCUT2D eigenvalue weighted by atomic mass is 16.2. The molecule has 4 aromatic rings. The van der Waals surface area contributed by atoms with Crippen molar-refractivity contribution in [3.05, 3.63) is 64.3 Å². The monoisotopic (exact) mass is 391 g/mol. The van der Waals surface area contributed by atoms with E-state index < -0.39 is 0 Å². The second-order valence-corrected chi connectivity index (χ2v) is 6.92. The minimum absolute atomic E-state index is 0.0424. The van der Waals surface area contributed by atoms with Crippen LogP contribution in [0.15, 0.2) is 47.3 Å². The van der Waals surface area contributed by atoms with Gasteiger partial charge in [0.25, 0.3) is 5.91 Å². The molecule has 0 saturated heterocycles.